The summed E-state index contributed by atoms with van der Waals surface area (Å²) in [7, 11) is 0. The monoisotopic (exact) mass is 334 g/mol. The van der Waals surface area contributed by atoms with Gasteiger partial charge >= 0.3 is 0 Å². The van der Waals surface area contributed by atoms with Crippen LogP contribution >= 0.6 is 0 Å². The topological polar surface area (TPSA) is 57.9 Å². The molecule has 1 aliphatic heterocycles. The Bertz CT molecular complexity index is 865. The van der Waals surface area contributed by atoms with Crippen LogP contribution in [-0.4, -0.2) is 23.3 Å². The highest BCUT2D eigenvalue weighted by molar-refractivity contribution is 6.00. The minimum absolute atomic E-state index is 0.317. The van der Waals surface area contributed by atoms with Crippen LogP contribution in [0.5, 0.6) is 0 Å². The molecule has 25 heavy (non-hydrogen) atoms. The van der Waals surface area contributed by atoms with Gasteiger partial charge in [-0.05, 0) is 50.3 Å². The van der Waals surface area contributed by atoms with Crippen LogP contribution in [0.4, 0.5) is 5.69 Å². The summed E-state index contributed by atoms with van der Waals surface area (Å²) in [6.45, 7) is 6.31. The molecule has 4 heteroatoms. The maximum atomic E-state index is 6.23. The van der Waals surface area contributed by atoms with Crippen LogP contribution in [0.15, 0.2) is 42.6 Å². The molecule has 0 unspecified atom stereocenters. The van der Waals surface area contributed by atoms with Crippen molar-refractivity contribution < 1.29 is 0 Å². The maximum absolute atomic E-state index is 6.23. The van der Waals surface area contributed by atoms with Gasteiger partial charge in [0.1, 0.15) is 0 Å². The summed E-state index contributed by atoms with van der Waals surface area (Å²) >= 11 is 0. The zero-order valence-electron chi connectivity index (χ0n) is 15.0. The van der Waals surface area contributed by atoms with Crippen molar-refractivity contribution in [1.29, 1.82) is 0 Å². The molecule has 3 aromatic rings. The standard InChI is InChI=1S/C21H26N4/c1-21(2,22)16-8-6-15(7-9-16)17-10-11-19-18(14-23-24-19)20(17)25-12-4-3-5-13-25/h6-11,14H,3-5,12-13,22H2,1-2H3,(H,23,24). The fourth-order valence-electron chi connectivity index (χ4n) is 3.77. The van der Waals surface area contributed by atoms with E-state index in [1.165, 1.54) is 41.5 Å². The third kappa shape index (κ3) is 3.02. The van der Waals surface area contributed by atoms with E-state index in [0.717, 1.165) is 24.2 Å². The van der Waals surface area contributed by atoms with E-state index in [1.54, 1.807) is 0 Å². The number of aromatic amines is 1. The van der Waals surface area contributed by atoms with E-state index < -0.39 is 0 Å². The average Bonchev–Trinajstić information content (AvgIpc) is 3.09. The number of anilines is 1. The summed E-state index contributed by atoms with van der Waals surface area (Å²) in [5.41, 5.74) is 12.0. The summed E-state index contributed by atoms with van der Waals surface area (Å²) in [6.07, 6.45) is 5.80. The number of H-pyrrole nitrogens is 1. The molecule has 0 atom stereocenters. The molecule has 1 aliphatic rings. The lowest BCUT2D eigenvalue weighted by Gasteiger charge is -2.31. The summed E-state index contributed by atoms with van der Waals surface area (Å²) in [4.78, 5) is 2.53. The van der Waals surface area contributed by atoms with Crippen molar-refractivity contribution in [2.24, 2.45) is 5.73 Å². The van der Waals surface area contributed by atoms with E-state index in [1.807, 2.05) is 20.0 Å². The third-order valence-electron chi connectivity index (χ3n) is 5.21. The molecular weight excluding hydrogens is 308 g/mol. The lowest BCUT2D eigenvalue weighted by Crippen LogP contribution is -2.30. The molecule has 1 saturated heterocycles. The minimum atomic E-state index is -0.317. The third-order valence-corrected chi connectivity index (χ3v) is 5.21. The molecule has 0 radical (unpaired) electrons. The Morgan fingerprint density at radius 1 is 1.00 bits per heavy atom. The number of fused-ring (bicyclic) bond motifs is 1. The molecule has 4 rings (SSSR count). The first-order valence-corrected chi connectivity index (χ1v) is 9.15. The van der Waals surface area contributed by atoms with Gasteiger partial charge in [0.15, 0.2) is 0 Å². The largest absolute Gasteiger partial charge is 0.370 e. The van der Waals surface area contributed by atoms with Crippen molar-refractivity contribution in [2.75, 3.05) is 18.0 Å². The minimum Gasteiger partial charge on any atom is -0.370 e. The Labute approximate surface area is 149 Å². The normalized spacial score (nSPS) is 15.7. The first-order chi connectivity index (χ1) is 12.0. The fraction of sp³-hybridized carbons (Fsp3) is 0.381. The number of benzene rings is 2. The summed E-state index contributed by atoms with van der Waals surface area (Å²) in [5, 5.41) is 8.59. The Morgan fingerprint density at radius 3 is 2.40 bits per heavy atom. The number of hydrogen-bond acceptors (Lipinski definition) is 3. The van der Waals surface area contributed by atoms with Crippen molar-refractivity contribution in [2.45, 2.75) is 38.6 Å². The lowest BCUT2D eigenvalue weighted by molar-refractivity contribution is 0.554. The van der Waals surface area contributed by atoms with E-state index >= 15 is 0 Å². The van der Waals surface area contributed by atoms with E-state index in [9.17, 15) is 0 Å². The predicted molar refractivity (Wildman–Crippen MR) is 105 cm³/mol. The van der Waals surface area contributed by atoms with Crippen molar-refractivity contribution >= 4 is 16.6 Å². The maximum Gasteiger partial charge on any atom is 0.0671 e. The highest BCUT2D eigenvalue weighted by Crippen LogP contribution is 2.38. The van der Waals surface area contributed by atoms with Crippen LogP contribution in [0, 0.1) is 0 Å². The average molecular weight is 334 g/mol. The van der Waals surface area contributed by atoms with Gasteiger partial charge < -0.3 is 10.6 Å². The molecule has 0 amide bonds. The fourth-order valence-corrected chi connectivity index (χ4v) is 3.77. The van der Waals surface area contributed by atoms with Crippen LogP contribution in [0.1, 0.15) is 38.7 Å². The van der Waals surface area contributed by atoms with Crippen molar-refractivity contribution in [1.82, 2.24) is 10.2 Å². The molecular formula is C21H26N4. The first kappa shape index (κ1) is 16.2. The number of nitrogens with two attached hydrogens (primary N) is 1. The highest BCUT2D eigenvalue weighted by atomic mass is 15.2. The molecule has 130 valence electrons. The number of aromatic nitrogens is 2. The quantitative estimate of drug-likeness (QED) is 0.746. The second-order valence-electron chi connectivity index (χ2n) is 7.64. The second-order valence-corrected chi connectivity index (χ2v) is 7.64. The van der Waals surface area contributed by atoms with Crippen molar-refractivity contribution in [3.05, 3.63) is 48.2 Å². The Hall–Kier alpha value is -2.33. The molecule has 1 fully saturated rings. The molecule has 0 aliphatic carbocycles. The number of piperidine rings is 1. The van der Waals surface area contributed by atoms with Gasteiger partial charge in [-0.2, -0.15) is 5.10 Å². The van der Waals surface area contributed by atoms with Crippen LogP contribution in [0.25, 0.3) is 22.0 Å². The smallest absolute Gasteiger partial charge is 0.0671 e. The summed E-state index contributed by atoms with van der Waals surface area (Å²) < 4.78 is 0. The summed E-state index contributed by atoms with van der Waals surface area (Å²) in [6, 6.07) is 13.0. The number of hydrogen-bond donors (Lipinski definition) is 2. The molecule has 1 aromatic heterocycles. The van der Waals surface area contributed by atoms with Gasteiger partial charge in [0.25, 0.3) is 0 Å². The van der Waals surface area contributed by atoms with Crippen LogP contribution in [0.2, 0.25) is 0 Å². The highest BCUT2D eigenvalue weighted by Gasteiger charge is 2.20. The van der Waals surface area contributed by atoms with Gasteiger partial charge in [0, 0.05) is 29.6 Å². The SMILES string of the molecule is CC(C)(N)c1ccc(-c2ccc3[nH]ncc3c2N2CCCCC2)cc1. The van der Waals surface area contributed by atoms with Gasteiger partial charge in [-0.25, -0.2) is 0 Å². The molecule has 2 aromatic carbocycles. The van der Waals surface area contributed by atoms with Gasteiger partial charge in [-0.3, -0.25) is 5.10 Å². The predicted octanol–water partition coefficient (Wildman–Crippen LogP) is 4.41. The van der Waals surface area contributed by atoms with Crippen molar-refractivity contribution in [3.8, 4) is 11.1 Å². The molecule has 2 heterocycles. The van der Waals surface area contributed by atoms with Crippen LogP contribution < -0.4 is 10.6 Å². The van der Waals surface area contributed by atoms with E-state index in [2.05, 4.69) is 51.5 Å². The molecule has 0 spiro atoms. The molecule has 0 bridgehead atoms. The lowest BCUT2D eigenvalue weighted by atomic mass is 9.92. The van der Waals surface area contributed by atoms with E-state index in [0.29, 0.717) is 0 Å². The van der Waals surface area contributed by atoms with Gasteiger partial charge in [-0.1, -0.05) is 30.3 Å². The van der Waals surface area contributed by atoms with Crippen LogP contribution in [0.3, 0.4) is 0 Å². The Balaban J connectivity index is 1.83. The second kappa shape index (κ2) is 6.19. The van der Waals surface area contributed by atoms with Gasteiger partial charge in [0.2, 0.25) is 0 Å². The van der Waals surface area contributed by atoms with E-state index in [4.69, 9.17) is 5.73 Å². The molecule has 0 saturated carbocycles. The van der Waals surface area contributed by atoms with Gasteiger partial charge in [-0.15, -0.1) is 0 Å². The van der Waals surface area contributed by atoms with Crippen molar-refractivity contribution in [3.63, 3.8) is 0 Å². The molecule has 3 N–H and O–H groups in total. The first-order valence-electron chi connectivity index (χ1n) is 9.15. The Kier molecular flexibility index (Phi) is 4.00. The zero-order valence-corrected chi connectivity index (χ0v) is 15.0. The Morgan fingerprint density at radius 2 is 1.72 bits per heavy atom. The molecule has 4 nitrogen and oxygen atoms in total. The van der Waals surface area contributed by atoms with E-state index in [-0.39, 0.29) is 5.54 Å². The summed E-state index contributed by atoms with van der Waals surface area (Å²) in [5.74, 6) is 0. The van der Waals surface area contributed by atoms with Gasteiger partial charge in [0.05, 0.1) is 17.4 Å². The number of nitrogens with one attached hydrogen (secondary N) is 1. The van der Waals surface area contributed by atoms with Crippen LogP contribution in [-0.2, 0) is 5.54 Å². The number of nitrogens with zero attached hydrogens (tertiary/aromatic N) is 2. The zero-order chi connectivity index (χ0) is 17.4. The number of rotatable bonds is 3.